The molecular weight excluding hydrogens is 304 g/mol. The Morgan fingerprint density at radius 3 is 2.62 bits per heavy atom. The Balaban J connectivity index is 1.66. The van der Waals surface area contributed by atoms with Gasteiger partial charge in [0, 0.05) is 11.8 Å². The molecule has 0 unspecified atom stereocenters. The summed E-state index contributed by atoms with van der Waals surface area (Å²) in [6.45, 7) is 4.91. The second-order valence-electron chi connectivity index (χ2n) is 6.27. The fourth-order valence-electron chi connectivity index (χ4n) is 2.84. The molecule has 1 fully saturated rings. The van der Waals surface area contributed by atoms with Crippen LogP contribution in [0.5, 0.6) is 0 Å². The second-order valence-corrected chi connectivity index (χ2v) is 6.27. The van der Waals surface area contributed by atoms with E-state index in [0.29, 0.717) is 6.54 Å². The van der Waals surface area contributed by atoms with Crippen LogP contribution in [-0.4, -0.2) is 32.7 Å². The Morgan fingerprint density at radius 1 is 1.17 bits per heavy atom. The van der Waals surface area contributed by atoms with Gasteiger partial charge < -0.3 is 5.32 Å². The van der Waals surface area contributed by atoms with E-state index in [2.05, 4.69) is 10.4 Å². The number of rotatable bonds is 6. The maximum absolute atomic E-state index is 12.4. The highest BCUT2D eigenvalue weighted by molar-refractivity contribution is 6.04. The molecule has 3 amide bonds. The Bertz CT molecular complexity index is 726. The van der Waals surface area contributed by atoms with Crippen LogP contribution in [0.4, 0.5) is 4.79 Å². The molecule has 1 aliphatic rings. The molecule has 0 aliphatic carbocycles. The molecule has 0 radical (unpaired) electrons. The largest absolute Gasteiger partial charge is 0.326 e. The van der Waals surface area contributed by atoms with E-state index < -0.39 is 6.04 Å². The van der Waals surface area contributed by atoms with Gasteiger partial charge in [0.15, 0.2) is 0 Å². The van der Waals surface area contributed by atoms with Gasteiger partial charge in [-0.2, -0.15) is 5.10 Å². The normalized spacial score (nSPS) is 18.8. The number of amides is 3. The number of nitrogens with one attached hydrogen (secondary N) is 1. The van der Waals surface area contributed by atoms with Gasteiger partial charge >= 0.3 is 6.03 Å². The third kappa shape index (κ3) is 3.32. The molecule has 2 heterocycles. The molecule has 24 heavy (non-hydrogen) atoms. The predicted octanol–water partition coefficient (Wildman–Crippen LogP) is 2.40. The molecule has 0 saturated carbocycles. The van der Waals surface area contributed by atoms with Gasteiger partial charge in [-0.05, 0) is 11.5 Å². The molecule has 6 nitrogen and oxygen atoms in total. The molecule has 6 heteroatoms. The van der Waals surface area contributed by atoms with Crippen LogP contribution >= 0.6 is 0 Å². The number of nitrogens with zero attached hydrogens (tertiary/aromatic N) is 3. The van der Waals surface area contributed by atoms with E-state index in [0.717, 1.165) is 17.5 Å². The van der Waals surface area contributed by atoms with Crippen LogP contribution in [0.1, 0.15) is 31.4 Å². The number of imide groups is 1. The molecule has 2 atom stereocenters. The van der Waals surface area contributed by atoms with Gasteiger partial charge in [0.05, 0.1) is 19.3 Å². The van der Waals surface area contributed by atoms with Crippen LogP contribution in [0.15, 0.2) is 42.7 Å². The first-order chi connectivity index (χ1) is 11.6. The summed E-state index contributed by atoms with van der Waals surface area (Å²) in [7, 11) is 0. The third-order valence-corrected chi connectivity index (χ3v) is 4.48. The summed E-state index contributed by atoms with van der Waals surface area (Å²) in [4.78, 5) is 25.8. The fourth-order valence-corrected chi connectivity index (χ4v) is 2.84. The van der Waals surface area contributed by atoms with E-state index >= 15 is 0 Å². The molecule has 1 aromatic carbocycles. The summed E-state index contributed by atoms with van der Waals surface area (Å²) in [6, 6.07) is 9.29. The maximum Gasteiger partial charge on any atom is 0.325 e. The first-order valence-corrected chi connectivity index (χ1v) is 8.25. The van der Waals surface area contributed by atoms with Gasteiger partial charge in [-0.15, -0.1) is 0 Å². The van der Waals surface area contributed by atoms with Crippen molar-refractivity contribution in [1.82, 2.24) is 20.0 Å². The molecule has 1 saturated heterocycles. The van der Waals surface area contributed by atoms with Gasteiger partial charge in [0.25, 0.3) is 5.91 Å². The quantitative estimate of drug-likeness (QED) is 0.829. The van der Waals surface area contributed by atoms with Crippen LogP contribution in [0.25, 0.3) is 0 Å². The maximum atomic E-state index is 12.4. The number of carbonyl (C=O) groups is 2. The Hall–Kier alpha value is -2.63. The van der Waals surface area contributed by atoms with Crippen LogP contribution in [0, 0.1) is 5.92 Å². The zero-order valence-electron chi connectivity index (χ0n) is 14.0. The summed E-state index contributed by atoms with van der Waals surface area (Å²) in [5.74, 6) is -0.0163. The second kappa shape index (κ2) is 6.86. The SMILES string of the molecule is CC[C@H](C)[C@@H]1NC(=O)N(Cc2cnn(Cc3ccccc3)c2)C1=O. The smallest absolute Gasteiger partial charge is 0.325 e. The average molecular weight is 326 g/mol. The number of carbonyl (C=O) groups excluding carboxylic acids is 2. The molecule has 1 aliphatic heterocycles. The van der Waals surface area contributed by atoms with Crippen molar-refractivity contribution in [3.8, 4) is 0 Å². The lowest BCUT2D eigenvalue weighted by Gasteiger charge is -2.15. The Kier molecular flexibility index (Phi) is 4.64. The molecule has 3 rings (SSSR count). The first kappa shape index (κ1) is 16.2. The molecule has 0 bridgehead atoms. The van der Waals surface area contributed by atoms with Gasteiger partial charge in [-0.3, -0.25) is 14.4 Å². The minimum Gasteiger partial charge on any atom is -0.326 e. The molecule has 1 aromatic heterocycles. The van der Waals surface area contributed by atoms with Crippen LogP contribution in [0.3, 0.4) is 0 Å². The molecular formula is C18H22N4O2. The number of hydrogen-bond acceptors (Lipinski definition) is 3. The molecule has 0 spiro atoms. The molecule has 1 N–H and O–H groups in total. The van der Waals surface area contributed by atoms with Crippen LogP contribution < -0.4 is 5.32 Å². The van der Waals surface area contributed by atoms with Crippen molar-refractivity contribution in [2.45, 2.75) is 39.4 Å². The Labute approximate surface area is 141 Å². The lowest BCUT2D eigenvalue weighted by atomic mass is 9.99. The summed E-state index contributed by atoms with van der Waals surface area (Å²) >= 11 is 0. The highest BCUT2D eigenvalue weighted by Crippen LogP contribution is 2.19. The van der Waals surface area contributed by atoms with Crippen molar-refractivity contribution in [3.05, 3.63) is 53.9 Å². The summed E-state index contributed by atoms with van der Waals surface area (Å²) < 4.78 is 1.81. The number of benzene rings is 1. The topological polar surface area (TPSA) is 67.2 Å². The summed E-state index contributed by atoms with van der Waals surface area (Å²) in [5.41, 5.74) is 2.00. The minimum absolute atomic E-state index is 0.132. The highest BCUT2D eigenvalue weighted by Gasteiger charge is 2.40. The average Bonchev–Trinajstić information content (AvgIpc) is 3.14. The lowest BCUT2D eigenvalue weighted by molar-refractivity contribution is -0.128. The minimum atomic E-state index is -0.415. The predicted molar refractivity (Wildman–Crippen MR) is 90.1 cm³/mol. The zero-order valence-corrected chi connectivity index (χ0v) is 14.0. The van der Waals surface area contributed by atoms with Crippen LogP contribution in [0.2, 0.25) is 0 Å². The number of aromatic nitrogens is 2. The van der Waals surface area contributed by atoms with Gasteiger partial charge in [-0.1, -0.05) is 50.6 Å². The monoisotopic (exact) mass is 326 g/mol. The zero-order chi connectivity index (χ0) is 17.1. The lowest BCUT2D eigenvalue weighted by Crippen LogP contribution is -2.35. The van der Waals surface area contributed by atoms with Crippen molar-refractivity contribution >= 4 is 11.9 Å². The Morgan fingerprint density at radius 2 is 1.92 bits per heavy atom. The fraction of sp³-hybridized carbons (Fsp3) is 0.389. The van der Waals surface area contributed by atoms with Crippen molar-refractivity contribution < 1.29 is 9.59 Å². The van der Waals surface area contributed by atoms with Gasteiger partial charge in [0.2, 0.25) is 0 Å². The van der Waals surface area contributed by atoms with Crippen LogP contribution in [-0.2, 0) is 17.9 Å². The highest BCUT2D eigenvalue weighted by atomic mass is 16.2. The van der Waals surface area contributed by atoms with Gasteiger partial charge in [0.1, 0.15) is 6.04 Å². The van der Waals surface area contributed by atoms with Crippen molar-refractivity contribution in [1.29, 1.82) is 0 Å². The third-order valence-electron chi connectivity index (χ3n) is 4.48. The van der Waals surface area contributed by atoms with E-state index in [4.69, 9.17) is 0 Å². The standard InChI is InChI=1S/C18H22N4O2/c1-3-13(2)16-17(23)22(18(24)20-16)12-15-9-19-21(11-15)10-14-7-5-4-6-8-14/h4-9,11,13,16H,3,10,12H2,1-2H3,(H,20,24)/t13-,16-/m0/s1. The van der Waals surface area contributed by atoms with E-state index in [1.807, 2.05) is 55.1 Å². The summed E-state index contributed by atoms with van der Waals surface area (Å²) in [5, 5.41) is 7.10. The number of urea groups is 1. The van der Waals surface area contributed by atoms with E-state index in [1.54, 1.807) is 6.20 Å². The van der Waals surface area contributed by atoms with Crippen molar-refractivity contribution in [2.24, 2.45) is 5.92 Å². The van der Waals surface area contributed by atoms with Gasteiger partial charge in [-0.25, -0.2) is 4.79 Å². The van der Waals surface area contributed by atoms with Crippen molar-refractivity contribution in [2.75, 3.05) is 0 Å². The van der Waals surface area contributed by atoms with Crippen molar-refractivity contribution in [3.63, 3.8) is 0 Å². The molecule has 126 valence electrons. The summed E-state index contributed by atoms with van der Waals surface area (Å²) in [6.07, 6.45) is 4.43. The first-order valence-electron chi connectivity index (χ1n) is 8.25. The van der Waals surface area contributed by atoms with E-state index in [9.17, 15) is 9.59 Å². The number of hydrogen-bond donors (Lipinski definition) is 1. The molecule has 2 aromatic rings. The van der Waals surface area contributed by atoms with E-state index in [-0.39, 0.29) is 24.4 Å². The van der Waals surface area contributed by atoms with E-state index in [1.165, 1.54) is 4.90 Å².